The average Bonchev–Trinajstić information content (AvgIpc) is 3.33. The molecule has 0 aliphatic rings. The fraction of sp³-hybridized carbons (Fsp3) is 0.0455. The van der Waals surface area contributed by atoms with E-state index in [0.717, 1.165) is 38.8 Å². The van der Waals surface area contributed by atoms with E-state index < -0.39 is 0 Å². The van der Waals surface area contributed by atoms with Gasteiger partial charge in [-0.2, -0.15) is 5.26 Å². The number of pyridine rings is 2. The summed E-state index contributed by atoms with van der Waals surface area (Å²) < 4.78 is 4.05. The van der Waals surface area contributed by atoms with Crippen LogP contribution in [-0.2, 0) is 0 Å². The smallest absolute Gasteiger partial charge is 0.0994 e. The molecule has 2 N–H and O–H groups in total. The first kappa shape index (κ1) is 17.3. The first-order valence-electron chi connectivity index (χ1n) is 8.94. The monoisotopic (exact) mass is 398 g/mol. The number of aromatic nitrogens is 4. The maximum Gasteiger partial charge on any atom is 0.0994 e. The van der Waals surface area contributed by atoms with Crippen LogP contribution in [0.15, 0.2) is 61.6 Å². The van der Waals surface area contributed by atoms with Gasteiger partial charge in [0.2, 0.25) is 0 Å². The molecule has 0 saturated heterocycles. The number of hydrogen-bond donors (Lipinski definition) is 1. The van der Waals surface area contributed by atoms with E-state index in [-0.39, 0.29) is 0 Å². The van der Waals surface area contributed by atoms with Crippen LogP contribution in [0.5, 0.6) is 0 Å². The normalized spacial score (nSPS) is 11.2. The Morgan fingerprint density at radius 3 is 2.76 bits per heavy atom. The van der Waals surface area contributed by atoms with Crippen molar-refractivity contribution in [1.29, 1.82) is 5.26 Å². The second-order valence-electron chi connectivity index (χ2n) is 6.91. The minimum absolute atomic E-state index is 0.414. The summed E-state index contributed by atoms with van der Waals surface area (Å²) in [5, 5.41) is 10.9. The first-order chi connectivity index (χ1) is 14.1. The van der Waals surface area contributed by atoms with E-state index >= 15 is 0 Å². The highest BCUT2D eigenvalue weighted by Crippen LogP contribution is 2.38. The number of halogens is 1. The van der Waals surface area contributed by atoms with E-state index in [1.807, 2.05) is 54.2 Å². The van der Waals surface area contributed by atoms with Gasteiger partial charge in [-0.25, -0.2) is 4.98 Å². The number of rotatable bonds is 2. The molecule has 140 valence electrons. The number of imidazole rings is 1. The largest absolute Gasteiger partial charge is 0.396 e. The van der Waals surface area contributed by atoms with Gasteiger partial charge in [0.15, 0.2) is 0 Å². The van der Waals surface area contributed by atoms with E-state index in [1.54, 1.807) is 12.5 Å². The van der Waals surface area contributed by atoms with Crippen molar-refractivity contribution < 1.29 is 0 Å². The summed E-state index contributed by atoms with van der Waals surface area (Å²) in [5.41, 5.74) is 12.5. The fourth-order valence-corrected chi connectivity index (χ4v) is 3.82. The Morgan fingerprint density at radius 1 is 1.07 bits per heavy atom. The second kappa shape index (κ2) is 6.36. The van der Waals surface area contributed by atoms with Gasteiger partial charge in [-0.15, -0.1) is 0 Å². The van der Waals surface area contributed by atoms with Crippen molar-refractivity contribution in [3.63, 3.8) is 0 Å². The first-order valence-corrected chi connectivity index (χ1v) is 9.32. The zero-order chi connectivity index (χ0) is 20.1. The topological polar surface area (TPSA) is 84.9 Å². The van der Waals surface area contributed by atoms with Gasteiger partial charge in [0.05, 0.1) is 57.8 Å². The Kier molecular flexibility index (Phi) is 3.79. The number of aryl methyl sites for hydroxylation is 1. The summed E-state index contributed by atoms with van der Waals surface area (Å²) in [5.74, 6) is 0. The molecule has 1 aromatic carbocycles. The lowest BCUT2D eigenvalue weighted by atomic mass is 10.0. The van der Waals surface area contributed by atoms with Crippen molar-refractivity contribution in [3.8, 4) is 22.9 Å². The predicted molar refractivity (Wildman–Crippen MR) is 114 cm³/mol. The molecule has 0 amide bonds. The second-order valence-corrected chi connectivity index (χ2v) is 7.29. The molecule has 0 fully saturated rings. The SMILES string of the molecule is Cc1cc2c(cc1C#N)c(-c1cncc(N)c1Cl)cn2-c1ccc2cncn2c1. The molecule has 0 bridgehead atoms. The van der Waals surface area contributed by atoms with E-state index in [0.29, 0.717) is 16.3 Å². The number of nitrogens with zero attached hydrogens (tertiary/aromatic N) is 5. The minimum atomic E-state index is 0.414. The molecule has 0 spiro atoms. The maximum absolute atomic E-state index is 9.53. The van der Waals surface area contributed by atoms with Crippen LogP contribution in [0.2, 0.25) is 5.02 Å². The summed E-state index contributed by atoms with van der Waals surface area (Å²) >= 11 is 6.50. The number of benzene rings is 1. The summed E-state index contributed by atoms with van der Waals surface area (Å²) in [4.78, 5) is 8.40. The summed E-state index contributed by atoms with van der Waals surface area (Å²) in [7, 11) is 0. The summed E-state index contributed by atoms with van der Waals surface area (Å²) in [6, 6.07) is 10.2. The van der Waals surface area contributed by atoms with E-state index in [9.17, 15) is 5.26 Å². The number of nitrogens with two attached hydrogens (primary N) is 1. The molecule has 0 aliphatic carbocycles. The van der Waals surface area contributed by atoms with Gasteiger partial charge in [0, 0.05) is 35.1 Å². The van der Waals surface area contributed by atoms with Gasteiger partial charge in [-0.05, 0) is 36.8 Å². The zero-order valence-corrected chi connectivity index (χ0v) is 16.2. The lowest BCUT2D eigenvalue weighted by Gasteiger charge is -2.07. The minimum Gasteiger partial charge on any atom is -0.396 e. The van der Waals surface area contributed by atoms with Crippen molar-refractivity contribution in [2.45, 2.75) is 6.92 Å². The molecule has 29 heavy (non-hydrogen) atoms. The highest BCUT2D eigenvalue weighted by atomic mass is 35.5. The molecule has 0 atom stereocenters. The van der Waals surface area contributed by atoms with Crippen LogP contribution < -0.4 is 5.73 Å². The summed E-state index contributed by atoms with van der Waals surface area (Å²) in [6.45, 7) is 1.93. The van der Waals surface area contributed by atoms with Crippen molar-refractivity contribution in [3.05, 3.63) is 77.7 Å². The molecule has 5 rings (SSSR count). The third kappa shape index (κ3) is 2.64. The Hall–Kier alpha value is -3.82. The number of hydrogen-bond acceptors (Lipinski definition) is 4. The zero-order valence-electron chi connectivity index (χ0n) is 15.5. The van der Waals surface area contributed by atoms with E-state index in [1.165, 1.54) is 6.20 Å². The number of fused-ring (bicyclic) bond motifs is 2. The highest BCUT2D eigenvalue weighted by Gasteiger charge is 2.17. The molecule has 5 aromatic rings. The van der Waals surface area contributed by atoms with Crippen LogP contribution in [0.25, 0.3) is 33.2 Å². The molecule has 7 heteroatoms. The Bertz CT molecular complexity index is 1450. The molecule has 4 heterocycles. The fourth-order valence-electron chi connectivity index (χ4n) is 3.62. The van der Waals surface area contributed by atoms with Gasteiger partial charge in [-0.3, -0.25) is 4.98 Å². The van der Waals surface area contributed by atoms with E-state index in [2.05, 4.69) is 20.6 Å². The van der Waals surface area contributed by atoms with Crippen LogP contribution >= 0.6 is 11.6 Å². The molecule has 0 aliphatic heterocycles. The lowest BCUT2D eigenvalue weighted by Crippen LogP contribution is -1.95. The maximum atomic E-state index is 9.53. The van der Waals surface area contributed by atoms with Crippen LogP contribution in [0.3, 0.4) is 0 Å². The van der Waals surface area contributed by atoms with Crippen LogP contribution in [0.4, 0.5) is 5.69 Å². The molecule has 6 nitrogen and oxygen atoms in total. The van der Waals surface area contributed by atoms with Crippen molar-refractivity contribution in [2.75, 3.05) is 5.73 Å². The molecule has 0 saturated carbocycles. The average molecular weight is 399 g/mol. The Labute approximate surface area is 171 Å². The lowest BCUT2D eigenvalue weighted by molar-refractivity contribution is 1.06. The third-order valence-corrected chi connectivity index (χ3v) is 5.56. The number of nitriles is 1. The Morgan fingerprint density at radius 2 is 1.93 bits per heavy atom. The van der Waals surface area contributed by atoms with Crippen LogP contribution in [-0.4, -0.2) is 18.9 Å². The quantitative estimate of drug-likeness (QED) is 0.464. The molecule has 0 radical (unpaired) electrons. The molecular formula is C22H15ClN6. The molecule has 4 aromatic heterocycles. The highest BCUT2D eigenvalue weighted by molar-refractivity contribution is 6.36. The van der Waals surface area contributed by atoms with Gasteiger partial charge in [0.1, 0.15) is 0 Å². The van der Waals surface area contributed by atoms with Gasteiger partial charge in [0.25, 0.3) is 0 Å². The van der Waals surface area contributed by atoms with Gasteiger partial charge < -0.3 is 14.7 Å². The predicted octanol–water partition coefficient (Wildman–Crippen LogP) is 4.76. The third-order valence-electron chi connectivity index (χ3n) is 5.14. The van der Waals surface area contributed by atoms with Crippen molar-refractivity contribution in [2.24, 2.45) is 0 Å². The standard InChI is InChI=1S/C22H15ClN6/c1-13-4-21-17(5-14(13)6-24)19(18-8-26-9-20(25)22(18)23)11-29(21)16-3-2-15-7-27-12-28(15)10-16/h2-5,7-12H,25H2,1H3. The van der Waals surface area contributed by atoms with Crippen molar-refractivity contribution >= 4 is 33.7 Å². The van der Waals surface area contributed by atoms with Gasteiger partial charge in [-0.1, -0.05) is 11.6 Å². The number of nitrogen functional groups attached to an aromatic ring is 1. The van der Waals surface area contributed by atoms with Crippen LogP contribution in [0.1, 0.15) is 11.1 Å². The Balaban J connectivity index is 1.86. The molecular weight excluding hydrogens is 384 g/mol. The summed E-state index contributed by atoms with van der Waals surface area (Å²) in [6.07, 6.45) is 10.8. The number of anilines is 1. The van der Waals surface area contributed by atoms with E-state index in [4.69, 9.17) is 17.3 Å². The van der Waals surface area contributed by atoms with Crippen LogP contribution in [0, 0.1) is 18.3 Å². The molecule has 0 unspecified atom stereocenters. The van der Waals surface area contributed by atoms with Crippen molar-refractivity contribution in [1.82, 2.24) is 18.9 Å². The van der Waals surface area contributed by atoms with Gasteiger partial charge >= 0.3 is 0 Å².